The van der Waals surface area contributed by atoms with Crippen molar-refractivity contribution in [1.82, 2.24) is 0 Å². The molecule has 128 valence electrons. The van der Waals surface area contributed by atoms with Crippen LogP contribution in [-0.2, 0) is 0 Å². The number of benzene rings is 2. The second kappa shape index (κ2) is 7.41. The molecule has 0 saturated heterocycles. The number of hydrogen-bond donors (Lipinski definition) is 0. The minimum absolute atomic E-state index is 0.235. The van der Waals surface area contributed by atoms with E-state index in [4.69, 9.17) is 0 Å². The lowest BCUT2D eigenvalue weighted by Gasteiger charge is -2.38. The van der Waals surface area contributed by atoms with Gasteiger partial charge in [-0.25, -0.2) is 4.39 Å². The van der Waals surface area contributed by atoms with Crippen molar-refractivity contribution in [2.75, 3.05) is 0 Å². The van der Waals surface area contributed by atoms with E-state index in [1.807, 2.05) is 24.3 Å². The van der Waals surface area contributed by atoms with E-state index in [2.05, 4.69) is 68.9 Å². The largest absolute Gasteiger partial charge is 0.206 e. The Hall–Kier alpha value is -1.11. The summed E-state index contributed by atoms with van der Waals surface area (Å²) in [6, 6.07) is 9.27. The predicted octanol–water partition coefficient (Wildman–Crippen LogP) is 7.31. The molecule has 0 fully saturated rings. The number of halogens is 2. The van der Waals surface area contributed by atoms with Crippen molar-refractivity contribution in [3.63, 3.8) is 0 Å². The summed E-state index contributed by atoms with van der Waals surface area (Å²) in [5.41, 5.74) is 5.76. The summed E-state index contributed by atoms with van der Waals surface area (Å²) in [4.78, 5) is 0. The molecule has 0 aliphatic heterocycles. The molecule has 0 aliphatic rings. The first-order valence-corrected chi connectivity index (χ1v) is 11.6. The maximum atomic E-state index is 14.6. The quantitative estimate of drug-likeness (QED) is 0.371. The molecule has 24 heavy (non-hydrogen) atoms. The highest BCUT2D eigenvalue weighted by atomic mass is 79.9. The summed E-state index contributed by atoms with van der Waals surface area (Å²) in [6.45, 7) is 13.6. The zero-order chi connectivity index (χ0) is 18.1. The van der Waals surface area contributed by atoms with Crippen LogP contribution in [0.2, 0.25) is 16.6 Å². The molecule has 2 aromatic rings. The minimum Gasteiger partial charge on any atom is -0.206 e. The Bertz CT molecular complexity index is 775. The fourth-order valence-electron chi connectivity index (χ4n) is 4.04. The van der Waals surface area contributed by atoms with E-state index < -0.39 is 8.07 Å². The van der Waals surface area contributed by atoms with Crippen LogP contribution in [0.3, 0.4) is 0 Å². The van der Waals surface area contributed by atoms with Gasteiger partial charge in [-0.2, -0.15) is 0 Å². The third kappa shape index (κ3) is 3.32. The van der Waals surface area contributed by atoms with Gasteiger partial charge in [0.2, 0.25) is 0 Å². The van der Waals surface area contributed by atoms with Gasteiger partial charge in [0.15, 0.2) is 0 Å². The van der Waals surface area contributed by atoms with Gasteiger partial charge in [-0.15, -0.1) is 5.54 Å². The molecule has 2 aromatic carbocycles. The Morgan fingerprint density at radius 1 is 0.917 bits per heavy atom. The van der Waals surface area contributed by atoms with Crippen molar-refractivity contribution in [2.45, 2.75) is 58.2 Å². The van der Waals surface area contributed by atoms with Crippen LogP contribution in [0.4, 0.5) is 4.39 Å². The molecule has 0 spiro atoms. The van der Waals surface area contributed by atoms with Gasteiger partial charge in [0.25, 0.3) is 0 Å². The monoisotopic (exact) mass is 404 g/mol. The van der Waals surface area contributed by atoms with Crippen molar-refractivity contribution in [2.24, 2.45) is 0 Å². The first-order valence-electron chi connectivity index (χ1n) is 8.61. The van der Waals surface area contributed by atoms with Crippen LogP contribution in [0, 0.1) is 17.3 Å². The third-order valence-corrected chi connectivity index (χ3v) is 12.2. The van der Waals surface area contributed by atoms with Gasteiger partial charge in [0.05, 0.1) is 5.56 Å². The lowest BCUT2D eigenvalue weighted by atomic mass is 10.0. The molecule has 0 unspecified atom stereocenters. The molecule has 0 radical (unpaired) electrons. The van der Waals surface area contributed by atoms with E-state index in [1.54, 1.807) is 0 Å². The van der Waals surface area contributed by atoms with Crippen LogP contribution < -0.4 is 0 Å². The van der Waals surface area contributed by atoms with Crippen molar-refractivity contribution in [1.29, 1.82) is 0 Å². The highest BCUT2D eigenvalue weighted by molar-refractivity contribution is 9.10. The molecule has 0 N–H and O–H groups in total. The van der Waals surface area contributed by atoms with Crippen LogP contribution >= 0.6 is 15.9 Å². The standard InChI is InChI=1S/C21H26BrFSi/c1-14(2)24(15(3)4,16(5)6)13-12-18-20(23)11-10-17-8-7-9-19(22)21(17)18/h7-11,14-16H,1-6H3. The van der Waals surface area contributed by atoms with E-state index >= 15 is 0 Å². The summed E-state index contributed by atoms with van der Waals surface area (Å²) in [7, 11) is -1.88. The Morgan fingerprint density at radius 3 is 2.04 bits per heavy atom. The van der Waals surface area contributed by atoms with Crippen molar-refractivity contribution < 1.29 is 4.39 Å². The molecule has 0 heterocycles. The lowest BCUT2D eigenvalue weighted by Crippen LogP contribution is -2.43. The SMILES string of the molecule is CC(C)[Si](C#Cc1c(F)ccc2cccc(Br)c12)(C(C)C)C(C)C. The summed E-state index contributed by atoms with van der Waals surface area (Å²) in [5.74, 6) is 3.05. The molecule has 0 aliphatic carbocycles. The summed E-state index contributed by atoms with van der Waals surface area (Å²) < 4.78 is 15.5. The van der Waals surface area contributed by atoms with E-state index in [9.17, 15) is 4.39 Å². The van der Waals surface area contributed by atoms with Crippen molar-refractivity contribution in [3.8, 4) is 11.5 Å². The average molecular weight is 405 g/mol. The third-order valence-electron chi connectivity index (χ3n) is 5.21. The Kier molecular flexibility index (Phi) is 5.94. The zero-order valence-electron chi connectivity index (χ0n) is 15.4. The van der Waals surface area contributed by atoms with Gasteiger partial charge < -0.3 is 0 Å². The van der Waals surface area contributed by atoms with Crippen LogP contribution in [0.25, 0.3) is 10.8 Å². The molecular weight excluding hydrogens is 379 g/mol. The molecule has 0 atom stereocenters. The number of hydrogen-bond acceptors (Lipinski definition) is 0. The second-order valence-corrected chi connectivity index (χ2v) is 13.8. The normalized spacial score (nSPS) is 12.1. The molecule has 0 bridgehead atoms. The van der Waals surface area contributed by atoms with Crippen LogP contribution in [-0.4, -0.2) is 8.07 Å². The number of rotatable bonds is 3. The first kappa shape index (κ1) is 19.2. The highest BCUT2D eigenvalue weighted by Gasteiger charge is 2.41. The molecule has 3 heteroatoms. The first-order chi connectivity index (χ1) is 11.2. The fourth-order valence-corrected chi connectivity index (χ4v) is 9.82. The maximum Gasteiger partial charge on any atom is 0.146 e. The Labute approximate surface area is 155 Å². The highest BCUT2D eigenvalue weighted by Crippen LogP contribution is 2.41. The molecule has 0 nitrogen and oxygen atoms in total. The average Bonchev–Trinajstić information content (AvgIpc) is 2.49. The van der Waals surface area contributed by atoms with Gasteiger partial charge in [-0.3, -0.25) is 0 Å². The topological polar surface area (TPSA) is 0 Å². The van der Waals surface area contributed by atoms with Gasteiger partial charge in [0, 0.05) is 9.86 Å². The van der Waals surface area contributed by atoms with Gasteiger partial charge in [0.1, 0.15) is 13.9 Å². The summed E-state index contributed by atoms with van der Waals surface area (Å²) >= 11 is 3.57. The molecule has 2 rings (SSSR count). The Morgan fingerprint density at radius 2 is 1.50 bits per heavy atom. The smallest absolute Gasteiger partial charge is 0.146 e. The molecule has 0 saturated carbocycles. The van der Waals surface area contributed by atoms with E-state index in [0.717, 1.165) is 15.2 Å². The molecule has 0 aromatic heterocycles. The van der Waals surface area contributed by atoms with E-state index in [0.29, 0.717) is 22.2 Å². The summed E-state index contributed by atoms with van der Waals surface area (Å²) in [6.07, 6.45) is 0. The number of fused-ring (bicyclic) bond motifs is 1. The van der Waals surface area contributed by atoms with Crippen molar-refractivity contribution >= 4 is 34.8 Å². The maximum absolute atomic E-state index is 14.6. The van der Waals surface area contributed by atoms with E-state index in [1.165, 1.54) is 6.07 Å². The minimum atomic E-state index is -1.88. The van der Waals surface area contributed by atoms with E-state index in [-0.39, 0.29) is 5.82 Å². The van der Waals surface area contributed by atoms with Crippen LogP contribution in [0.5, 0.6) is 0 Å². The predicted molar refractivity (Wildman–Crippen MR) is 110 cm³/mol. The second-order valence-electron chi connectivity index (χ2n) is 7.41. The van der Waals surface area contributed by atoms with Gasteiger partial charge in [-0.1, -0.05) is 81.6 Å². The van der Waals surface area contributed by atoms with Crippen LogP contribution in [0.15, 0.2) is 34.8 Å². The van der Waals surface area contributed by atoms with Gasteiger partial charge >= 0.3 is 0 Å². The fraction of sp³-hybridized carbons (Fsp3) is 0.429. The molecular formula is C21H26BrFSi. The zero-order valence-corrected chi connectivity index (χ0v) is 18.0. The lowest BCUT2D eigenvalue weighted by molar-refractivity contribution is 0.626. The Balaban J connectivity index is 2.74. The van der Waals surface area contributed by atoms with Gasteiger partial charge in [-0.05, 0) is 34.1 Å². The molecule has 0 amide bonds. The van der Waals surface area contributed by atoms with Crippen molar-refractivity contribution in [3.05, 3.63) is 46.2 Å². The van der Waals surface area contributed by atoms with Crippen LogP contribution in [0.1, 0.15) is 47.1 Å². The summed E-state index contributed by atoms with van der Waals surface area (Å²) in [5, 5.41) is 1.89.